The van der Waals surface area contributed by atoms with Gasteiger partial charge in [-0.15, -0.1) is 0 Å². The summed E-state index contributed by atoms with van der Waals surface area (Å²) >= 11 is 0. The molecule has 154 valence electrons. The van der Waals surface area contributed by atoms with E-state index < -0.39 is 11.5 Å². The van der Waals surface area contributed by atoms with Crippen molar-refractivity contribution in [2.24, 2.45) is 7.05 Å². The van der Waals surface area contributed by atoms with Crippen LogP contribution in [0, 0.1) is 6.92 Å². The molecule has 0 saturated carbocycles. The SMILES string of the molecule is CCc1cc(C(=O)O)c(=O)[nH]c1-c1cc2cc(CN(CC)CC)n(C)c2cc1C. The first kappa shape index (κ1) is 20.9. The molecule has 0 bridgehead atoms. The number of aromatic nitrogens is 2. The van der Waals surface area contributed by atoms with Crippen molar-refractivity contribution >= 4 is 16.9 Å². The highest BCUT2D eigenvalue weighted by molar-refractivity contribution is 5.90. The number of fused-ring (bicyclic) bond motifs is 1. The maximum Gasteiger partial charge on any atom is 0.341 e. The van der Waals surface area contributed by atoms with E-state index in [1.54, 1.807) is 0 Å². The van der Waals surface area contributed by atoms with Crippen LogP contribution < -0.4 is 5.56 Å². The van der Waals surface area contributed by atoms with E-state index in [-0.39, 0.29) is 5.56 Å². The van der Waals surface area contributed by atoms with Crippen LogP contribution in [0.15, 0.2) is 29.1 Å². The van der Waals surface area contributed by atoms with E-state index in [2.05, 4.69) is 53.5 Å². The first-order chi connectivity index (χ1) is 13.8. The van der Waals surface area contributed by atoms with Crippen LogP contribution in [-0.4, -0.2) is 38.6 Å². The number of carboxylic acids is 1. The van der Waals surface area contributed by atoms with Crippen LogP contribution in [0.4, 0.5) is 0 Å². The van der Waals surface area contributed by atoms with Gasteiger partial charge < -0.3 is 14.7 Å². The van der Waals surface area contributed by atoms with Crippen LogP contribution in [0.1, 0.15) is 48.0 Å². The third-order valence-electron chi connectivity index (χ3n) is 5.77. The average molecular weight is 396 g/mol. The molecule has 2 heterocycles. The lowest BCUT2D eigenvalue weighted by Crippen LogP contribution is -2.23. The number of aromatic carboxylic acids is 1. The Labute approximate surface area is 170 Å². The fourth-order valence-corrected chi connectivity index (χ4v) is 3.90. The Hall–Kier alpha value is -2.86. The van der Waals surface area contributed by atoms with Gasteiger partial charge in [0.05, 0.1) is 5.69 Å². The second kappa shape index (κ2) is 8.25. The lowest BCUT2D eigenvalue weighted by atomic mass is 9.97. The van der Waals surface area contributed by atoms with Gasteiger partial charge in [0.2, 0.25) is 0 Å². The molecule has 0 unspecified atom stereocenters. The molecule has 29 heavy (non-hydrogen) atoms. The van der Waals surface area contributed by atoms with Gasteiger partial charge >= 0.3 is 5.97 Å². The number of benzene rings is 1. The number of carbonyl (C=O) groups is 1. The summed E-state index contributed by atoms with van der Waals surface area (Å²) in [5.74, 6) is -1.20. The molecule has 2 N–H and O–H groups in total. The Balaban J connectivity index is 2.16. The topological polar surface area (TPSA) is 78.3 Å². The summed E-state index contributed by atoms with van der Waals surface area (Å²) in [6, 6.07) is 7.93. The van der Waals surface area contributed by atoms with Crippen molar-refractivity contribution in [3.63, 3.8) is 0 Å². The zero-order valence-corrected chi connectivity index (χ0v) is 17.8. The molecule has 0 saturated heterocycles. The third kappa shape index (κ3) is 3.85. The van der Waals surface area contributed by atoms with Crippen molar-refractivity contribution in [3.8, 4) is 11.3 Å². The van der Waals surface area contributed by atoms with E-state index in [0.29, 0.717) is 12.1 Å². The second-order valence-electron chi connectivity index (χ2n) is 7.45. The molecule has 0 fully saturated rings. The monoisotopic (exact) mass is 395 g/mol. The van der Waals surface area contributed by atoms with E-state index in [1.807, 2.05) is 13.8 Å². The molecule has 0 aliphatic rings. The maximum atomic E-state index is 12.3. The molecule has 0 aliphatic carbocycles. The lowest BCUT2D eigenvalue weighted by molar-refractivity contribution is 0.0695. The van der Waals surface area contributed by atoms with Crippen LogP contribution in [0.2, 0.25) is 0 Å². The highest BCUT2D eigenvalue weighted by Gasteiger charge is 2.17. The molecule has 2 aromatic heterocycles. The van der Waals surface area contributed by atoms with Gasteiger partial charge in [0.25, 0.3) is 5.56 Å². The minimum atomic E-state index is -1.20. The van der Waals surface area contributed by atoms with Gasteiger partial charge in [-0.05, 0) is 61.8 Å². The van der Waals surface area contributed by atoms with Gasteiger partial charge in [0.1, 0.15) is 5.56 Å². The Kier molecular flexibility index (Phi) is 5.94. The van der Waals surface area contributed by atoms with E-state index in [0.717, 1.165) is 47.2 Å². The highest BCUT2D eigenvalue weighted by atomic mass is 16.4. The predicted octanol–water partition coefficient (Wildman–Crippen LogP) is 3.94. The molecule has 1 aromatic carbocycles. The van der Waals surface area contributed by atoms with Crippen molar-refractivity contribution in [1.82, 2.24) is 14.5 Å². The van der Waals surface area contributed by atoms with E-state index in [4.69, 9.17) is 0 Å². The molecular weight excluding hydrogens is 366 g/mol. The predicted molar refractivity (Wildman–Crippen MR) is 117 cm³/mol. The number of aromatic amines is 1. The van der Waals surface area contributed by atoms with Gasteiger partial charge in [-0.2, -0.15) is 0 Å². The van der Waals surface area contributed by atoms with Crippen LogP contribution in [-0.2, 0) is 20.0 Å². The number of H-pyrrole nitrogens is 1. The zero-order valence-electron chi connectivity index (χ0n) is 17.8. The van der Waals surface area contributed by atoms with Crippen LogP contribution >= 0.6 is 0 Å². The maximum absolute atomic E-state index is 12.3. The molecule has 0 radical (unpaired) electrons. The van der Waals surface area contributed by atoms with E-state index in [1.165, 1.54) is 11.8 Å². The molecule has 3 aromatic rings. The summed E-state index contributed by atoms with van der Waals surface area (Å²) in [6.45, 7) is 11.2. The van der Waals surface area contributed by atoms with Gasteiger partial charge in [0, 0.05) is 35.8 Å². The summed E-state index contributed by atoms with van der Waals surface area (Å²) in [5, 5.41) is 10.4. The molecule has 0 amide bonds. The largest absolute Gasteiger partial charge is 0.477 e. The van der Waals surface area contributed by atoms with Crippen LogP contribution in [0.25, 0.3) is 22.2 Å². The molecule has 3 rings (SSSR count). The number of rotatable bonds is 7. The fourth-order valence-electron chi connectivity index (χ4n) is 3.90. The number of nitrogens with one attached hydrogen (secondary N) is 1. The van der Waals surface area contributed by atoms with E-state index in [9.17, 15) is 14.7 Å². The minimum absolute atomic E-state index is 0.217. The normalized spacial score (nSPS) is 11.5. The molecule has 0 spiro atoms. The van der Waals surface area contributed by atoms with Crippen molar-refractivity contribution in [2.75, 3.05) is 13.1 Å². The van der Waals surface area contributed by atoms with Crippen molar-refractivity contribution < 1.29 is 9.90 Å². The summed E-state index contributed by atoms with van der Waals surface area (Å²) in [4.78, 5) is 28.8. The highest BCUT2D eigenvalue weighted by Crippen LogP contribution is 2.31. The summed E-state index contributed by atoms with van der Waals surface area (Å²) in [5.41, 5.74) is 5.11. The number of hydrogen-bond acceptors (Lipinski definition) is 3. The first-order valence-electron chi connectivity index (χ1n) is 10.1. The third-order valence-corrected chi connectivity index (χ3v) is 5.77. The lowest BCUT2D eigenvalue weighted by Gasteiger charge is -2.18. The summed E-state index contributed by atoms with van der Waals surface area (Å²) in [6.07, 6.45) is 0.631. The van der Waals surface area contributed by atoms with Crippen LogP contribution in [0.3, 0.4) is 0 Å². The Morgan fingerprint density at radius 1 is 1.14 bits per heavy atom. The number of hydrogen-bond donors (Lipinski definition) is 2. The van der Waals surface area contributed by atoms with Gasteiger partial charge in [-0.25, -0.2) is 4.79 Å². The fraction of sp³-hybridized carbons (Fsp3) is 0.391. The number of carboxylic acid groups (broad SMARTS) is 1. The number of aryl methyl sites for hydroxylation is 3. The molecule has 6 nitrogen and oxygen atoms in total. The van der Waals surface area contributed by atoms with Crippen molar-refractivity contribution in [3.05, 3.63) is 57.0 Å². The smallest absolute Gasteiger partial charge is 0.341 e. The van der Waals surface area contributed by atoms with Crippen molar-refractivity contribution in [1.29, 1.82) is 0 Å². The average Bonchev–Trinajstić information content (AvgIpc) is 2.99. The standard InChI is InChI=1S/C23H29N3O3/c1-6-15-11-19(23(28)29)22(27)24-21(15)18-12-16-10-17(13-26(7-2)8-3)25(5)20(16)9-14(18)4/h9-12H,6-8,13H2,1-5H3,(H,24,27)(H,28,29). The molecular formula is C23H29N3O3. The molecule has 0 atom stereocenters. The first-order valence-corrected chi connectivity index (χ1v) is 10.1. The van der Waals surface area contributed by atoms with Gasteiger partial charge in [-0.1, -0.05) is 20.8 Å². The number of nitrogens with zero attached hydrogens (tertiary/aromatic N) is 2. The summed E-state index contributed by atoms with van der Waals surface area (Å²) < 4.78 is 2.22. The Morgan fingerprint density at radius 3 is 2.41 bits per heavy atom. The Bertz CT molecular complexity index is 1120. The summed E-state index contributed by atoms with van der Waals surface area (Å²) in [7, 11) is 2.08. The zero-order chi connectivity index (χ0) is 21.3. The second-order valence-corrected chi connectivity index (χ2v) is 7.45. The molecule has 0 aliphatic heterocycles. The molecule has 6 heteroatoms. The van der Waals surface area contributed by atoms with E-state index >= 15 is 0 Å². The quantitative estimate of drug-likeness (QED) is 0.635. The number of pyridine rings is 1. The minimum Gasteiger partial charge on any atom is -0.477 e. The Morgan fingerprint density at radius 2 is 1.83 bits per heavy atom. The van der Waals surface area contributed by atoms with Gasteiger partial charge in [-0.3, -0.25) is 9.69 Å². The van der Waals surface area contributed by atoms with Crippen molar-refractivity contribution in [2.45, 2.75) is 40.7 Å². The van der Waals surface area contributed by atoms with Crippen LogP contribution in [0.5, 0.6) is 0 Å². The van der Waals surface area contributed by atoms with Gasteiger partial charge in [0.15, 0.2) is 0 Å².